The van der Waals surface area contributed by atoms with Gasteiger partial charge in [0, 0.05) is 6.54 Å². The van der Waals surface area contributed by atoms with Gasteiger partial charge in [-0.1, -0.05) is 6.08 Å². The van der Waals surface area contributed by atoms with E-state index >= 15 is 0 Å². The Morgan fingerprint density at radius 3 is 2.53 bits per heavy atom. The molecule has 0 aromatic carbocycles. The van der Waals surface area contributed by atoms with E-state index in [-0.39, 0.29) is 13.0 Å². The molecule has 0 aliphatic carbocycles. The van der Waals surface area contributed by atoms with Gasteiger partial charge < -0.3 is 10.2 Å². The van der Waals surface area contributed by atoms with Crippen molar-refractivity contribution in [2.45, 2.75) is 31.2 Å². The molecule has 0 aromatic heterocycles. The number of carboxylic acids is 1. The minimum Gasteiger partial charge on any atom is -0.479 e. The number of likely N-dealkylation sites (tertiary alicyclic amines) is 1. The summed E-state index contributed by atoms with van der Waals surface area (Å²) in [7, 11) is 0. The predicted octanol–water partition coefficient (Wildman–Crippen LogP) is 1.55. The largest absolute Gasteiger partial charge is 0.479 e. The van der Waals surface area contributed by atoms with Crippen LogP contribution in [0.3, 0.4) is 0 Å². The highest BCUT2D eigenvalue weighted by atomic mass is 16.4. The van der Waals surface area contributed by atoms with Gasteiger partial charge in [0.25, 0.3) is 0 Å². The van der Waals surface area contributed by atoms with E-state index in [0.29, 0.717) is 6.42 Å². The van der Waals surface area contributed by atoms with Crippen LogP contribution in [0.15, 0.2) is 12.7 Å². The summed E-state index contributed by atoms with van der Waals surface area (Å²) in [5, 5.41) is 18.2. The van der Waals surface area contributed by atoms with Gasteiger partial charge in [-0.3, -0.25) is 4.90 Å². The van der Waals surface area contributed by atoms with Crippen LogP contribution in [0, 0.1) is 0 Å². The van der Waals surface area contributed by atoms with E-state index in [2.05, 4.69) is 6.58 Å². The molecule has 0 radical (unpaired) electrons. The summed E-state index contributed by atoms with van der Waals surface area (Å²) in [5.74, 6) is -1.08. The number of nitrogens with zero attached hydrogens (tertiary/aromatic N) is 1. The lowest BCUT2D eigenvalue weighted by molar-refractivity contribution is -0.152. The SMILES string of the molecule is C=CCC1(C(=O)O)CCCCN1C(=O)O. The van der Waals surface area contributed by atoms with Crippen molar-refractivity contribution in [1.82, 2.24) is 4.90 Å². The number of aliphatic carboxylic acids is 1. The molecule has 1 saturated heterocycles. The summed E-state index contributed by atoms with van der Waals surface area (Å²) >= 11 is 0. The molecule has 0 spiro atoms. The summed E-state index contributed by atoms with van der Waals surface area (Å²) in [6.45, 7) is 3.78. The summed E-state index contributed by atoms with van der Waals surface area (Å²) in [4.78, 5) is 23.2. The van der Waals surface area contributed by atoms with Crippen LogP contribution in [-0.4, -0.2) is 39.3 Å². The zero-order chi connectivity index (χ0) is 11.5. The third-order valence-corrected chi connectivity index (χ3v) is 2.85. The van der Waals surface area contributed by atoms with Crippen LogP contribution in [-0.2, 0) is 4.79 Å². The molecule has 0 saturated carbocycles. The summed E-state index contributed by atoms with van der Waals surface area (Å²) in [5.41, 5.74) is -1.30. The van der Waals surface area contributed by atoms with Crippen LogP contribution < -0.4 is 0 Å². The maximum atomic E-state index is 11.2. The molecule has 1 heterocycles. The second-order valence-electron chi connectivity index (χ2n) is 3.72. The lowest BCUT2D eigenvalue weighted by Crippen LogP contribution is -2.58. The molecule has 1 aliphatic heterocycles. The molecule has 1 unspecified atom stereocenters. The maximum Gasteiger partial charge on any atom is 0.408 e. The van der Waals surface area contributed by atoms with Gasteiger partial charge in [-0.25, -0.2) is 9.59 Å². The van der Waals surface area contributed by atoms with Gasteiger partial charge in [-0.2, -0.15) is 0 Å². The van der Waals surface area contributed by atoms with E-state index < -0.39 is 17.6 Å². The molecule has 1 amide bonds. The lowest BCUT2D eigenvalue weighted by atomic mass is 9.84. The van der Waals surface area contributed by atoms with Crippen molar-refractivity contribution < 1.29 is 19.8 Å². The zero-order valence-electron chi connectivity index (χ0n) is 8.48. The molecule has 5 heteroatoms. The van der Waals surface area contributed by atoms with Gasteiger partial charge in [0.05, 0.1) is 0 Å². The first-order valence-electron chi connectivity index (χ1n) is 4.89. The first-order chi connectivity index (χ1) is 7.04. The average molecular weight is 213 g/mol. The molecule has 1 rings (SSSR count). The van der Waals surface area contributed by atoms with Gasteiger partial charge in [0.2, 0.25) is 0 Å². The molecular weight excluding hydrogens is 198 g/mol. The lowest BCUT2D eigenvalue weighted by Gasteiger charge is -2.41. The number of carboxylic acid groups (broad SMARTS) is 2. The van der Waals surface area contributed by atoms with Crippen molar-refractivity contribution >= 4 is 12.1 Å². The number of piperidine rings is 1. The standard InChI is InChI=1S/C10H15NO4/c1-2-5-10(8(12)13)6-3-4-7-11(10)9(14)15/h2H,1,3-7H2,(H,12,13)(H,14,15). The first-order valence-corrected chi connectivity index (χ1v) is 4.89. The molecule has 1 fully saturated rings. The van der Waals surface area contributed by atoms with Crippen molar-refractivity contribution in [1.29, 1.82) is 0 Å². The highest BCUT2D eigenvalue weighted by Gasteiger charge is 2.47. The van der Waals surface area contributed by atoms with E-state index in [4.69, 9.17) is 5.11 Å². The van der Waals surface area contributed by atoms with Gasteiger partial charge >= 0.3 is 12.1 Å². The Labute approximate surface area is 88.0 Å². The fraction of sp³-hybridized carbons (Fsp3) is 0.600. The molecule has 1 atom stereocenters. The Bertz CT molecular complexity index is 289. The van der Waals surface area contributed by atoms with E-state index in [1.54, 1.807) is 0 Å². The Morgan fingerprint density at radius 2 is 2.07 bits per heavy atom. The topological polar surface area (TPSA) is 77.8 Å². The van der Waals surface area contributed by atoms with Crippen LogP contribution in [0.1, 0.15) is 25.7 Å². The third kappa shape index (κ3) is 1.95. The Kier molecular flexibility index (Phi) is 3.34. The molecule has 15 heavy (non-hydrogen) atoms. The van der Waals surface area contributed by atoms with Crippen LogP contribution in [0.25, 0.3) is 0 Å². The first kappa shape index (κ1) is 11.6. The molecule has 2 N–H and O–H groups in total. The minimum atomic E-state index is -1.30. The van der Waals surface area contributed by atoms with E-state index in [1.165, 1.54) is 6.08 Å². The Morgan fingerprint density at radius 1 is 1.40 bits per heavy atom. The van der Waals surface area contributed by atoms with Gasteiger partial charge in [0.15, 0.2) is 0 Å². The van der Waals surface area contributed by atoms with Crippen molar-refractivity contribution in [2.75, 3.05) is 6.54 Å². The molecule has 0 aromatic rings. The van der Waals surface area contributed by atoms with Crippen molar-refractivity contribution in [3.05, 3.63) is 12.7 Å². The predicted molar refractivity (Wildman–Crippen MR) is 53.8 cm³/mol. The number of rotatable bonds is 3. The Hall–Kier alpha value is -1.52. The van der Waals surface area contributed by atoms with Gasteiger partial charge in [-0.15, -0.1) is 6.58 Å². The third-order valence-electron chi connectivity index (χ3n) is 2.85. The van der Waals surface area contributed by atoms with Crippen LogP contribution in [0.2, 0.25) is 0 Å². The van der Waals surface area contributed by atoms with Crippen molar-refractivity contribution in [3.63, 3.8) is 0 Å². The molecule has 84 valence electrons. The average Bonchev–Trinajstić information content (AvgIpc) is 2.18. The van der Waals surface area contributed by atoms with Crippen LogP contribution >= 0.6 is 0 Å². The van der Waals surface area contributed by atoms with Crippen molar-refractivity contribution in [3.8, 4) is 0 Å². The monoisotopic (exact) mass is 213 g/mol. The molecule has 1 aliphatic rings. The fourth-order valence-corrected chi connectivity index (χ4v) is 2.08. The number of amides is 1. The van der Waals surface area contributed by atoms with Crippen molar-refractivity contribution in [2.24, 2.45) is 0 Å². The number of carbonyl (C=O) groups is 2. The number of hydrogen-bond donors (Lipinski definition) is 2. The van der Waals surface area contributed by atoms with E-state index in [1.807, 2.05) is 0 Å². The molecule has 0 bridgehead atoms. The van der Waals surface area contributed by atoms with E-state index in [9.17, 15) is 14.7 Å². The van der Waals surface area contributed by atoms with Crippen LogP contribution in [0.5, 0.6) is 0 Å². The van der Waals surface area contributed by atoms with Gasteiger partial charge in [-0.05, 0) is 25.7 Å². The molecule has 5 nitrogen and oxygen atoms in total. The maximum absolute atomic E-state index is 11.2. The zero-order valence-corrected chi connectivity index (χ0v) is 8.48. The highest BCUT2D eigenvalue weighted by Crippen LogP contribution is 2.32. The summed E-state index contributed by atoms with van der Waals surface area (Å²) < 4.78 is 0. The van der Waals surface area contributed by atoms with Crippen LogP contribution in [0.4, 0.5) is 4.79 Å². The second-order valence-corrected chi connectivity index (χ2v) is 3.72. The highest BCUT2D eigenvalue weighted by molar-refractivity contribution is 5.84. The minimum absolute atomic E-state index is 0.161. The number of hydrogen-bond acceptors (Lipinski definition) is 2. The quantitative estimate of drug-likeness (QED) is 0.697. The fourth-order valence-electron chi connectivity index (χ4n) is 2.08. The Balaban J connectivity index is 3.03. The summed E-state index contributed by atoms with van der Waals surface area (Å²) in [6, 6.07) is 0. The molecular formula is C10H15NO4. The second kappa shape index (κ2) is 4.33. The summed E-state index contributed by atoms with van der Waals surface area (Å²) in [6.07, 6.45) is 2.28. The van der Waals surface area contributed by atoms with Gasteiger partial charge in [0.1, 0.15) is 5.54 Å². The normalized spacial score (nSPS) is 26.0. The van der Waals surface area contributed by atoms with E-state index in [0.717, 1.165) is 17.7 Å². The smallest absolute Gasteiger partial charge is 0.408 e.